The van der Waals surface area contributed by atoms with E-state index in [4.69, 9.17) is 16.1 Å². The van der Waals surface area contributed by atoms with Gasteiger partial charge in [0.1, 0.15) is 17.0 Å². The molecule has 0 saturated carbocycles. The first-order valence-electron chi connectivity index (χ1n) is 7.29. The average Bonchev–Trinajstić information content (AvgIpc) is 2.85. The van der Waals surface area contributed by atoms with Crippen molar-refractivity contribution in [1.82, 2.24) is 10.5 Å². The third kappa shape index (κ3) is 3.87. The Labute approximate surface area is 135 Å². The minimum absolute atomic E-state index is 0.178. The molecule has 1 aromatic heterocycles. The van der Waals surface area contributed by atoms with Gasteiger partial charge in [0.2, 0.25) is 0 Å². The Bertz CT molecular complexity index is 653. The number of amides is 1. The molecule has 0 fully saturated rings. The van der Waals surface area contributed by atoms with Crippen molar-refractivity contribution in [2.24, 2.45) is 0 Å². The summed E-state index contributed by atoms with van der Waals surface area (Å²) in [5, 5.41) is 7.46. The van der Waals surface area contributed by atoms with Gasteiger partial charge in [-0.1, -0.05) is 35.0 Å². The van der Waals surface area contributed by atoms with Crippen molar-refractivity contribution in [1.29, 1.82) is 0 Å². The summed E-state index contributed by atoms with van der Waals surface area (Å²) >= 11 is 6.19. The number of halogens is 1. The van der Waals surface area contributed by atoms with E-state index in [-0.39, 0.29) is 5.91 Å². The number of benzene rings is 1. The van der Waals surface area contributed by atoms with Gasteiger partial charge < -0.3 is 14.7 Å². The summed E-state index contributed by atoms with van der Waals surface area (Å²) < 4.78 is 5.20. The smallest absolute Gasteiger partial charge is 0.257 e. The number of rotatable bonds is 6. The number of aryl methyl sites for hydroxylation is 1. The molecule has 5 nitrogen and oxygen atoms in total. The van der Waals surface area contributed by atoms with Crippen molar-refractivity contribution in [3.8, 4) is 11.3 Å². The van der Waals surface area contributed by atoms with Crippen molar-refractivity contribution in [3.63, 3.8) is 0 Å². The zero-order chi connectivity index (χ0) is 16.1. The Balaban J connectivity index is 2.16. The van der Waals surface area contributed by atoms with Gasteiger partial charge in [-0.3, -0.25) is 4.79 Å². The van der Waals surface area contributed by atoms with E-state index in [0.29, 0.717) is 34.1 Å². The quantitative estimate of drug-likeness (QED) is 0.794. The summed E-state index contributed by atoms with van der Waals surface area (Å²) in [6, 6.07) is 7.28. The predicted octanol–water partition coefficient (Wildman–Crippen LogP) is 1.57. The van der Waals surface area contributed by atoms with E-state index in [9.17, 15) is 4.79 Å². The number of nitrogens with one attached hydrogen (secondary N) is 2. The number of quaternary nitrogens is 1. The van der Waals surface area contributed by atoms with Gasteiger partial charge >= 0.3 is 0 Å². The van der Waals surface area contributed by atoms with Gasteiger partial charge in [0.05, 0.1) is 25.7 Å². The summed E-state index contributed by atoms with van der Waals surface area (Å²) in [4.78, 5) is 13.8. The van der Waals surface area contributed by atoms with Crippen molar-refractivity contribution < 1.29 is 14.2 Å². The minimum Gasteiger partial charge on any atom is -0.360 e. The molecule has 0 aliphatic carbocycles. The second-order valence-electron chi connectivity index (χ2n) is 5.51. The van der Waals surface area contributed by atoms with Crippen LogP contribution in [0.1, 0.15) is 22.5 Å². The highest BCUT2D eigenvalue weighted by Crippen LogP contribution is 2.30. The summed E-state index contributed by atoms with van der Waals surface area (Å²) in [7, 11) is 4.17. The summed E-state index contributed by atoms with van der Waals surface area (Å²) in [6.45, 7) is 3.35. The van der Waals surface area contributed by atoms with Crippen LogP contribution in [0.15, 0.2) is 28.8 Å². The van der Waals surface area contributed by atoms with Crippen LogP contribution in [-0.4, -0.2) is 38.2 Å². The highest BCUT2D eigenvalue weighted by molar-refractivity contribution is 6.33. The van der Waals surface area contributed by atoms with E-state index < -0.39 is 0 Å². The van der Waals surface area contributed by atoms with Gasteiger partial charge in [-0.2, -0.15) is 0 Å². The zero-order valence-electron chi connectivity index (χ0n) is 13.1. The van der Waals surface area contributed by atoms with Gasteiger partial charge in [-0.15, -0.1) is 0 Å². The van der Waals surface area contributed by atoms with Crippen molar-refractivity contribution in [2.75, 3.05) is 27.2 Å². The van der Waals surface area contributed by atoms with E-state index >= 15 is 0 Å². The monoisotopic (exact) mass is 322 g/mol. The van der Waals surface area contributed by atoms with Crippen molar-refractivity contribution >= 4 is 17.5 Å². The molecule has 1 aromatic carbocycles. The third-order valence-corrected chi connectivity index (χ3v) is 3.69. The fourth-order valence-electron chi connectivity index (χ4n) is 2.21. The number of hydrogen-bond donors (Lipinski definition) is 2. The molecule has 2 N–H and O–H groups in total. The number of carbonyl (C=O) groups is 1. The molecule has 1 heterocycles. The molecule has 2 rings (SSSR count). The first kappa shape index (κ1) is 16.5. The normalized spacial score (nSPS) is 11.0. The molecular weight excluding hydrogens is 302 g/mol. The Kier molecular flexibility index (Phi) is 5.57. The molecule has 0 radical (unpaired) electrons. The number of nitrogens with zero attached hydrogens (tertiary/aromatic N) is 1. The summed E-state index contributed by atoms with van der Waals surface area (Å²) in [5.74, 6) is 0.313. The number of aromatic nitrogens is 1. The fourth-order valence-corrected chi connectivity index (χ4v) is 2.43. The maximum absolute atomic E-state index is 12.4. The highest BCUT2D eigenvalue weighted by Gasteiger charge is 2.22. The molecular formula is C16H21ClN3O2+. The van der Waals surface area contributed by atoms with Crippen LogP contribution in [-0.2, 0) is 0 Å². The Hall–Kier alpha value is -1.85. The fraction of sp³-hybridized carbons (Fsp3) is 0.375. The number of carbonyl (C=O) groups excluding carboxylic acids is 1. The van der Waals surface area contributed by atoms with Gasteiger partial charge in [0.25, 0.3) is 5.91 Å². The molecule has 0 aliphatic rings. The largest absolute Gasteiger partial charge is 0.360 e. The SMILES string of the molecule is Cc1onc(-c2ccccc2Cl)c1C(=O)NCCC[NH+](C)C. The average molecular weight is 323 g/mol. The predicted molar refractivity (Wildman–Crippen MR) is 86.3 cm³/mol. The first-order chi connectivity index (χ1) is 10.5. The number of hydrogen-bond acceptors (Lipinski definition) is 3. The van der Waals surface area contributed by atoms with Gasteiger partial charge in [0.15, 0.2) is 0 Å². The van der Waals surface area contributed by atoms with E-state index in [1.54, 1.807) is 13.0 Å². The lowest BCUT2D eigenvalue weighted by Crippen LogP contribution is -3.05. The molecule has 0 aliphatic heterocycles. The lowest BCUT2D eigenvalue weighted by Gasteiger charge is -2.08. The van der Waals surface area contributed by atoms with E-state index in [1.807, 2.05) is 18.2 Å². The Morgan fingerprint density at radius 1 is 1.36 bits per heavy atom. The lowest BCUT2D eigenvalue weighted by molar-refractivity contribution is -0.858. The maximum atomic E-state index is 12.4. The van der Waals surface area contributed by atoms with Crippen LogP contribution >= 0.6 is 11.6 Å². The van der Waals surface area contributed by atoms with Crippen LogP contribution in [0.3, 0.4) is 0 Å². The molecule has 2 aromatic rings. The van der Waals surface area contributed by atoms with Crippen LogP contribution < -0.4 is 10.2 Å². The van der Waals surface area contributed by atoms with Crippen LogP contribution in [0.5, 0.6) is 0 Å². The third-order valence-electron chi connectivity index (χ3n) is 3.36. The molecule has 6 heteroatoms. The Morgan fingerprint density at radius 2 is 2.09 bits per heavy atom. The molecule has 0 saturated heterocycles. The van der Waals surface area contributed by atoms with Gasteiger partial charge in [-0.05, 0) is 13.0 Å². The molecule has 22 heavy (non-hydrogen) atoms. The molecule has 0 atom stereocenters. The van der Waals surface area contributed by atoms with Crippen LogP contribution in [0.2, 0.25) is 5.02 Å². The highest BCUT2D eigenvalue weighted by atomic mass is 35.5. The van der Waals surface area contributed by atoms with Crippen molar-refractivity contribution in [2.45, 2.75) is 13.3 Å². The first-order valence-corrected chi connectivity index (χ1v) is 7.67. The zero-order valence-corrected chi connectivity index (χ0v) is 13.8. The molecule has 1 amide bonds. The standard InChI is InChI=1S/C16H20ClN3O2/c1-11-14(16(21)18-9-6-10-20(2)3)15(19-22-11)12-7-4-5-8-13(12)17/h4-5,7-8H,6,9-10H2,1-3H3,(H,18,21)/p+1. The maximum Gasteiger partial charge on any atom is 0.257 e. The van der Waals surface area contributed by atoms with Crippen LogP contribution in [0, 0.1) is 6.92 Å². The second kappa shape index (κ2) is 7.42. The van der Waals surface area contributed by atoms with Gasteiger partial charge in [0, 0.05) is 18.5 Å². The molecule has 0 bridgehead atoms. The van der Waals surface area contributed by atoms with E-state index in [0.717, 1.165) is 13.0 Å². The van der Waals surface area contributed by atoms with Crippen molar-refractivity contribution in [3.05, 3.63) is 40.6 Å². The molecule has 118 valence electrons. The summed E-state index contributed by atoms with van der Waals surface area (Å²) in [5.41, 5.74) is 1.63. The Morgan fingerprint density at radius 3 is 2.77 bits per heavy atom. The minimum atomic E-state index is -0.178. The molecule has 0 unspecified atom stereocenters. The van der Waals surface area contributed by atoms with E-state index in [2.05, 4.69) is 24.6 Å². The molecule has 0 spiro atoms. The lowest BCUT2D eigenvalue weighted by atomic mass is 10.1. The van der Waals surface area contributed by atoms with Crippen LogP contribution in [0.25, 0.3) is 11.3 Å². The summed E-state index contributed by atoms with van der Waals surface area (Å²) in [6.07, 6.45) is 0.916. The second-order valence-corrected chi connectivity index (χ2v) is 5.92. The van der Waals surface area contributed by atoms with Crippen LogP contribution in [0.4, 0.5) is 0 Å². The topological polar surface area (TPSA) is 59.6 Å². The van der Waals surface area contributed by atoms with E-state index in [1.165, 1.54) is 4.90 Å². The van der Waals surface area contributed by atoms with Gasteiger partial charge in [-0.25, -0.2) is 0 Å².